The standard InChI is InChI=1S/C13H22N4/c1-3-17(2)9-8-14-13-11-6-4-5-7-12(11)15-10-16-13/h10H,3-9H2,1-2H3,(H,14,15,16). The molecule has 0 fully saturated rings. The molecule has 1 heterocycles. The number of aryl methyl sites for hydroxylation is 1. The molecule has 1 aliphatic rings. The van der Waals surface area contributed by atoms with E-state index in [1.807, 2.05) is 0 Å². The summed E-state index contributed by atoms with van der Waals surface area (Å²) in [6.07, 6.45) is 6.46. The zero-order valence-corrected chi connectivity index (χ0v) is 10.9. The maximum absolute atomic E-state index is 4.38. The van der Waals surface area contributed by atoms with Gasteiger partial charge in [0, 0.05) is 24.3 Å². The molecule has 0 spiro atoms. The molecule has 0 radical (unpaired) electrons. The Bertz CT molecular complexity index is 364. The molecule has 2 rings (SSSR count). The fraction of sp³-hybridized carbons (Fsp3) is 0.692. The number of hydrogen-bond acceptors (Lipinski definition) is 4. The summed E-state index contributed by atoms with van der Waals surface area (Å²) in [6.45, 7) is 5.26. The maximum Gasteiger partial charge on any atom is 0.132 e. The molecule has 0 bridgehead atoms. The van der Waals surface area contributed by atoms with Gasteiger partial charge in [0.1, 0.15) is 12.1 Å². The fourth-order valence-corrected chi connectivity index (χ4v) is 2.20. The van der Waals surface area contributed by atoms with Crippen LogP contribution in [0.15, 0.2) is 6.33 Å². The van der Waals surface area contributed by atoms with E-state index in [1.165, 1.54) is 24.1 Å². The summed E-state index contributed by atoms with van der Waals surface area (Å²) in [5.74, 6) is 1.05. The lowest BCUT2D eigenvalue weighted by Crippen LogP contribution is -2.25. The Morgan fingerprint density at radius 1 is 1.29 bits per heavy atom. The zero-order chi connectivity index (χ0) is 12.1. The maximum atomic E-state index is 4.38. The summed E-state index contributed by atoms with van der Waals surface area (Å²) < 4.78 is 0. The van der Waals surface area contributed by atoms with Gasteiger partial charge in [-0.15, -0.1) is 0 Å². The highest BCUT2D eigenvalue weighted by atomic mass is 15.1. The summed E-state index contributed by atoms with van der Waals surface area (Å²) in [5, 5.41) is 3.45. The van der Waals surface area contributed by atoms with Crippen molar-refractivity contribution in [1.29, 1.82) is 0 Å². The average Bonchev–Trinajstić information content (AvgIpc) is 2.39. The Morgan fingerprint density at radius 2 is 2.12 bits per heavy atom. The first-order valence-corrected chi connectivity index (χ1v) is 6.56. The van der Waals surface area contributed by atoms with Crippen molar-refractivity contribution in [2.24, 2.45) is 0 Å². The summed E-state index contributed by atoms with van der Waals surface area (Å²) in [7, 11) is 2.14. The predicted molar refractivity (Wildman–Crippen MR) is 70.3 cm³/mol. The van der Waals surface area contributed by atoms with Crippen LogP contribution < -0.4 is 5.32 Å². The number of rotatable bonds is 5. The van der Waals surface area contributed by atoms with Gasteiger partial charge in [0.15, 0.2) is 0 Å². The highest BCUT2D eigenvalue weighted by Gasteiger charge is 2.14. The van der Waals surface area contributed by atoms with E-state index < -0.39 is 0 Å². The number of anilines is 1. The highest BCUT2D eigenvalue weighted by molar-refractivity contribution is 5.46. The van der Waals surface area contributed by atoms with Gasteiger partial charge in [-0.2, -0.15) is 0 Å². The van der Waals surface area contributed by atoms with Gasteiger partial charge in [0.05, 0.1) is 0 Å². The fourth-order valence-electron chi connectivity index (χ4n) is 2.20. The van der Waals surface area contributed by atoms with E-state index in [-0.39, 0.29) is 0 Å². The van der Waals surface area contributed by atoms with E-state index in [1.54, 1.807) is 6.33 Å². The lowest BCUT2D eigenvalue weighted by Gasteiger charge is -2.19. The van der Waals surface area contributed by atoms with E-state index in [4.69, 9.17) is 0 Å². The molecule has 1 N–H and O–H groups in total. The van der Waals surface area contributed by atoms with E-state index in [0.29, 0.717) is 0 Å². The SMILES string of the molecule is CCN(C)CCNc1ncnc2c1CCCC2. The van der Waals surface area contributed by atoms with Crippen LogP contribution in [0.1, 0.15) is 31.0 Å². The van der Waals surface area contributed by atoms with Crippen LogP contribution in [0.3, 0.4) is 0 Å². The lowest BCUT2D eigenvalue weighted by molar-refractivity contribution is 0.367. The van der Waals surface area contributed by atoms with Crippen molar-refractivity contribution in [3.63, 3.8) is 0 Å². The van der Waals surface area contributed by atoms with Crippen LogP contribution in [0.5, 0.6) is 0 Å². The van der Waals surface area contributed by atoms with Gasteiger partial charge in [-0.05, 0) is 39.3 Å². The van der Waals surface area contributed by atoms with E-state index in [9.17, 15) is 0 Å². The monoisotopic (exact) mass is 234 g/mol. The Balaban J connectivity index is 1.96. The number of hydrogen-bond donors (Lipinski definition) is 1. The topological polar surface area (TPSA) is 41.0 Å². The van der Waals surface area contributed by atoms with Crippen molar-refractivity contribution in [1.82, 2.24) is 14.9 Å². The van der Waals surface area contributed by atoms with Crippen molar-refractivity contribution in [2.75, 3.05) is 32.0 Å². The third-order valence-electron chi connectivity index (χ3n) is 3.45. The van der Waals surface area contributed by atoms with Crippen LogP contribution >= 0.6 is 0 Å². The summed E-state index contributed by atoms with van der Waals surface area (Å²) in [6, 6.07) is 0. The van der Waals surface area contributed by atoms with Gasteiger partial charge >= 0.3 is 0 Å². The van der Waals surface area contributed by atoms with Crippen molar-refractivity contribution in [3.8, 4) is 0 Å². The van der Waals surface area contributed by atoms with Crippen LogP contribution in [0.2, 0.25) is 0 Å². The van der Waals surface area contributed by atoms with E-state index >= 15 is 0 Å². The molecule has 17 heavy (non-hydrogen) atoms. The minimum Gasteiger partial charge on any atom is -0.368 e. The van der Waals surface area contributed by atoms with Crippen LogP contribution in [-0.4, -0.2) is 41.5 Å². The molecule has 0 aromatic carbocycles. The number of likely N-dealkylation sites (N-methyl/N-ethyl adjacent to an activating group) is 1. The summed E-state index contributed by atoms with van der Waals surface area (Å²) in [5.41, 5.74) is 2.59. The molecule has 94 valence electrons. The molecular weight excluding hydrogens is 212 g/mol. The van der Waals surface area contributed by atoms with Gasteiger partial charge in [-0.25, -0.2) is 9.97 Å². The molecule has 0 atom stereocenters. The Kier molecular flexibility index (Phi) is 4.31. The predicted octanol–water partition coefficient (Wildman–Crippen LogP) is 1.72. The second kappa shape index (κ2) is 5.96. The molecule has 0 unspecified atom stereocenters. The summed E-state index contributed by atoms with van der Waals surface area (Å²) >= 11 is 0. The van der Waals surface area contributed by atoms with Gasteiger partial charge in [-0.1, -0.05) is 6.92 Å². The van der Waals surface area contributed by atoms with E-state index in [0.717, 1.165) is 38.3 Å². The molecule has 0 saturated heterocycles. The molecule has 0 aliphatic heterocycles. The van der Waals surface area contributed by atoms with Crippen molar-refractivity contribution in [2.45, 2.75) is 32.6 Å². The first-order valence-electron chi connectivity index (χ1n) is 6.56. The Labute approximate surface area is 103 Å². The zero-order valence-electron chi connectivity index (χ0n) is 10.9. The lowest BCUT2D eigenvalue weighted by atomic mass is 9.96. The van der Waals surface area contributed by atoms with Crippen molar-refractivity contribution in [3.05, 3.63) is 17.6 Å². The molecule has 1 aromatic heterocycles. The van der Waals surface area contributed by atoms with Gasteiger partial charge in [-0.3, -0.25) is 0 Å². The van der Waals surface area contributed by atoms with Crippen molar-refractivity contribution < 1.29 is 0 Å². The molecule has 1 aromatic rings. The number of aromatic nitrogens is 2. The molecular formula is C13H22N4. The van der Waals surface area contributed by atoms with Crippen LogP contribution in [0.25, 0.3) is 0 Å². The third kappa shape index (κ3) is 3.16. The molecule has 1 aliphatic carbocycles. The van der Waals surface area contributed by atoms with Crippen molar-refractivity contribution >= 4 is 5.82 Å². The Hall–Kier alpha value is -1.16. The quantitative estimate of drug-likeness (QED) is 0.842. The van der Waals surface area contributed by atoms with Crippen LogP contribution in [-0.2, 0) is 12.8 Å². The largest absolute Gasteiger partial charge is 0.368 e. The summed E-state index contributed by atoms with van der Waals surface area (Å²) in [4.78, 5) is 11.0. The number of nitrogens with one attached hydrogen (secondary N) is 1. The second-order valence-corrected chi connectivity index (χ2v) is 4.68. The normalized spacial score (nSPS) is 14.8. The number of fused-ring (bicyclic) bond motifs is 1. The van der Waals surface area contributed by atoms with E-state index in [2.05, 4.69) is 34.2 Å². The molecule has 0 amide bonds. The minimum atomic E-state index is 0.952. The minimum absolute atomic E-state index is 0.952. The van der Waals surface area contributed by atoms with Gasteiger partial charge in [0.25, 0.3) is 0 Å². The third-order valence-corrected chi connectivity index (χ3v) is 3.45. The molecule has 4 heteroatoms. The molecule has 0 saturated carbocycles. The highest BCUT2D eigenvalue weighted by Crippen LogP contribution is 2.23. The number of nitrogens with zero attached hydrogens (tertiary/aromatic N) is 3. The van der Waals surface area contributed by atoms with Crippen LogP contribution in [0, 0.1) is 0 Å². The van der Waals surface area contributed by atoms with Gasteiger partial charge in [0.2, 0.25) is 0 Å². The first-order chi connectivity index (χ1) is 8.31. The second-order valence-electron chi connectivity index (χ2n) is 4.68. The molecule has 4 nitrogen and oxygen atoms in total. The van der Waals surface area contributed by atoms with Crippen LogP contribution in [0.4, 0.5) is 5.82 Å². The smallest absolute Gasteiger partial charge is 0.132 e. The van der Waals surface area contributed by atoms with Gasteiger partial charge < -0.3 is 10.2 Å². The average molecular weight is 234 g/mol. The Morgan fingerprint density at radius 3 is 2.94 bits per heavy atom. The first kappa shape index (κ1) is 12.3.